The van der Waals surface area contributed by atoms with Crippen molar-refractivity contribution >= 4 is 34.9 Å². The van der Waals surface area contributed by atoms with Gasteiger partial charge in [0.05, 0.1) is 17.4 Å². The van der Waals surface area contributed by atoms with Crippen molar-refractivity contribution in [3.8, 4) is 6.01 Å². The molecule has 0 aliphatic heterocycles. The molecule has 148 valence electrons. The van der Waals surface area contributed by atoms with Crippen molar-refractivity contribution in [2.45, 2.75) is 50.7 Å². The molecule has 0 unspecified atom stereocenters. The van der Waals surface area contributed by atoms with Crippen LogP contribution < -0.4 is 10.1 Å². The summed E-state index contributed by atoms with van der Waals surface area (Å²) in [6.45, 7) is 0. The molecule has 0 atom stereocenters. The van der Waals surface area contributed by atoms with Crippen LogP contribution in [0.15, 0.2) is 36.7 Å². The molecule has 0 saturated heterocycles. The second-order valence-electron chi connectivity index (χ2n) is 6.77. The number of carbonyl (C=O) groups excluding carboxylic acids is 2. The Balaban J connectivity index is 1.37. The molecule has 1 aromatic heterocycles. The number of nitrogens with one attached hydrogen (secondary N) is 1. The van der Waals surface area contributed by atoms with E-state index in [-0.39, 0.29) is 36.7 Å². The second-order valence-corrected chi connectivity index (χ2v) is 7.65. The monoisotopic (exact) mass is 421 g/mol. The van der Waals surface area contributed by atoms with Gasteiger partial charge in [0.2, 0.25) is 5.91 Å². The summed E-state index contributed by atoms with van der Waals surface area (Å²) in [5.74, 6) is -0.167. The van der Waals surface area contributed by atoms with Crippen LogP contribution in [0.25, 0.3) is 0 Å². The summed E-state index contributed by atoms with van der Waals surface area (Å²) in [6.07, 6.45) is 6.63. The first-order valence-corrected chi connectivity index (χ1v) is 9.97. The van der Waals surface area contributed by atoms with Crippen LogP contribution in [0.2, 0.25) is 10.0 Å². The first-order chi connectivity index (χ1) is 13.5. The molecule has 3 rings (SSSR count). The molecule has 1 fully saturated rings. The minimum atomic E-state index is -0.104. The number of aromatic nitrogens is 2. The van der Waals surface area contributed by atoms with Gasteiger partial charge >= 0.3 is 6.01 Å². The first kappa shape index (κ1) is 20.6. The van der Waals surface area contributed by atoms with Gasteiger partial charge in [-0.2, -0.15) is 0 Å². The van der Waals surface area contributed by atoms with E-state index in [1.54, 1.807) is 24.3 Å². The van der Waals surface area contributed by atoms with Gasteiger partial charge in [0.25, 0.3) is 0 Å². The third-order valence-corrected chi connectivity index (χ3v) is 5.10. The predicted octanol–water partition coefficient (Wildman–Crippen LogP) is 4.25. The van der Waals surface area contributed by atoms with Crippen molar-refractivity contribution in [1.29, 1.82) is 0 Å². The summed E-state index contributed by atoms with van der Waals surface area (Å²) in [5, 5.41) is 4.06. The molecule has 2 aromatic rings. The Labute approximate surface area is 173 Å². The molecule has 8 heteroatoms. The lowest BCUT2D eigenvalue weighted by atomic mass is 9.93. The SMILES string of the molecule is O=C(CCC(=O)c1ccc(Cl)cc1)NC1CCC(Oc2ncc(Cl)cn2)CC1. The van der Waals surface area contributed by atoms with Gasteiger partial charge in [0.1, 0.15) is 6.10 Å². The van der Waals surface area contributed by atoms with Crippen LogP contribution in [0.1, 0.15) is 48.9 Å². The van der Waals surface area contributed by atoms with Crippen LogP contribution in [-0.4, -0.2) is 33.8 Å². The van der Waals surface area contributed by atoms with E-state index in [0.717, 1.165) is 25.7 Å². The van der Waals surface area contributed by atoms with Gasteiger partial charge in [-0.25, -0.2) is 9.97 Å². The van der Waals surface area contributed by atoms with E-state index < -0.39 is 0 Å². The van der Waals surface area contributed by atoms with Gasteiger partial charge in [-0.1, -0.05) is 23.2 Å². The number of benzene rings is 1. The third-order valence-electron chi connectivity index (χ3n) is 4.65. The molecule has 1 saturated carbocycles. The number of hydrogen-bond acceptors (Lipinski definition) is 5. The number of amides is 1. The Bertz CT molecular complexity index is 804. The Hall–Kier alpha value is -2.18. The topological polar surface area (TPSA) is 81.2 Å². The highest BCUT2D eigenvalue weighted by Gasteiger charge is 2.24. The number of halogens is 2. The summed E-state index contributed by atoms with van der Waals surface area (Å²) >= 11 is 11.6. The van der Waals surface area contributed by atoms with Gasteiger partial charge in [-0.05, 0) is 49.9 Å². The smallest absolute Gasteiger partial charge is 0.316 e. The third kappa shape index (κ3) is 6.17. The van der Waals surface area contributed by atoms with E-state index in [9.17, 15) is 9.59 Å². The fraction of sp³-hybridized carbons (Fsp3) is 0.400. The number of Topliss-reactive ketones (excluding diaryl/α,β-unsaturated/α-hetero) is 1. The minimum absolute atomic E-state index is 0.0285. The molecule has 1 aliphatic rings. The summed E-state index contributed by atoms with van der Waals surface area (Å²) in [5.41, 5.74) is 0.569. The zero-order chi connectivity index (χ0) is 19.9. The number of carbonyl (C=O) groups is 2. The Kier molecular flexibility index (Phi) is 7.23. The number of ketones is 1. The van der Waals surface area contributed by atoms with Crippen molar-refractivity contribution < 1.29 is 14.3 Å². The highest BCUT2D eigenvalue weighted by molar-refractivity contribution is 6.30. The maximum atomic E-state index is 12.2. The van der Waals surface area contributed by atoms with Gasteiger partial charge in [0.15, 0.2) is 5.78 Å². The summed E-state index contributed by atoms with van der Waals surface area (Å²) in [6, 6.07) is 7.11. The van der Waals surface area contributed by atoms with Crippen molar-refractivity contribution in [1.82, 2.24) is 15.3 Å². The molecule has 28 heavy (non-hydrogen) atoms. The van der Waals surface area contributed by atoms with Crippen LogP contribution in [-0.2, 0) is 4.79 Å². The van der Waals surface area contributed by atoms with E-state index in [0.29, 0.717) is 21.6 Å². The summed E-state index contributed by atoms with van der Waals surface area (Å²) in [7, 11) is 0. The van der Waals surface area contributed by atoms with E-state index in [4.69, 9.17) is 27.9 Å². The van der Waals surface area contributed by atoms with E-state index >= 15 is 0 Å². The maximum Gasteiger partial charge on any atom is 0.316 e. The van der Waals surface area contributed by atoms with Gasteiger partial charge in [-0.3, -0.25) is 9.59 Å². The van der Waals surface area contributed by atoms with Crippen LogP contribution in [0, 0.1) is 0 Å². The standard InChI is InChI=1S/C20H21Cl2N3O3/c21-14-3-1-13(2-4-14)18(26)9-10-19(27)25-16-5-7-17(8-6-16)28-20-23-11-15(22)12-24-20/h1-4,11-12,16-17H,5-10H2,(H,25,27). The second kappa shape index (κ2) is 9.85. The molecule has 1 N–H and O–H groups in total. The minimum Gasteiger partial charge on any atom is -0.460 e. The van der Waals surface area contributed by atoms with Crippen LogP contribution in [0.4, 0.5) is 0 Å². The van der Waals surface area contributed by atoms with Crippen molar-refractivity contribution in [2.24, 2.45) is 0 Å². The number of rotatable bonds is 7. The number of ether oxygens (including phenoxy) is 1. The Morgan fingerprint density at radius 3 is 2.25 bits per heavy atom. The van der Waals surface area contributed by atoms with Crippen LogP contribution in [0.5, 0.6) is 6.01 Å². The lowest BCUT2D eigenvalue weighted by Crippen LogP contribution is -2.39. The molecule has 0 spiro atoms. The lowest BCUT2D eigenvalue weighted by Gasteiger charge is -2.28. The average molecular weight is 422 g/mol. The van der Waals surface area contributed by atoms with Crippen LogP contribution in [0.3, 0.4) is 0 Å². The fourth-order valence-electron chi connectivity index (χ4n) is 3.14. The lowest BCUT2D eigenvalue weighted by molar-refractivity contribution is -0.122. The van der Waals surface area contributed by atoms with Crippen molar-refractivity contribution in [2.75, 3.05) is 0 Å². The summed E-state index contributed by atoms with van der Waals surface area (Å²) in [4.78, 5) is 32.4. The van der Waals surface area contributed by atoms with Crippen molar-refractivity contribution in [3.63, 3.8) is 0 Å². The number of hydrogen-bond donors (Lipinski definition) is 1. The largest absolute Gasteiger partial charge is 0.460 e. The zero-order valence-corrected chi connectivity index (χ0v) is 16.7. The molecule has 1 heterocycles. The summed E-state index contributed by atoms with van der Waals surface area (Å²) < 4.78 is 5.75. The number of nitrogens with zero attached hydrogens (tertiary/aromatic N) is 2. The molecule has 1 aromatic carbocycles. The van der Waals surface area contributed by atoms with E-state index in [2.05, 4.69) is 15.3 Å². The first-order valence-electron chi connectivity index (χ1n) is 9.22. The van der Waals surface area contributed by atoms with Gasteiger partial charge in [0, 0.05) is 29.5 Å². The Morgan fingerprint density at radius 2 is 1.61 bits per heavy atom. The van der Waals surface area contributed by atoms with Gasteiger partial charge < -0.3 is 10.1 Å². The van der Waals surface area contributed by atoms with E-state index in [1.807, 2.05) is 0 Å². The normalized spacial score (nSPS) is 19.1. The molecule has 1 aliphatic carbocycles. The van der Waals surface area contributed by atoms with Crippen LogP contribution >= 0.6 is 23.2 Å². The molecule has 0 radical (unpaired) electrons. The highest BCUT2D eigenvalue weighted by Crippen LogP contribution is 2.22. The zero-order valence-electron chi connectivity index (χ0n) is 15.2. The maximum absolute atomic E-state index is 12.2. The molecular formula is C20H21Cl2N3O3. The molecule has 6 nitrogen and oxygen atoms in total. The fourth-order valence-corrected chi connectivity index (χ4v) is 3.37. The predicted molar refractivity (Wildman–Crippen MR) is 107 cm³/mol. The average Bonchev–Trinajstić information content (AvgIpc) is 2.70. The molecule has 1 amide bonds. The Morgan fingerprint density at radius 1 is 0.964 bits per heavy atom. The van der Waals surface area contributed by atoms with Crippen molar-refractivity contribution in [3.05, 3.63) is 52.3 Å². The van der Waals surface area contributed by atoms with Gasteiger partial charge in [-0.15, -0.1) is 0 Å². The highest BCUT2D eigenvalue weighted by atomic mass is 35.5. The molecule has 0 bridgehead atoms. The molecular weight excluding hydrogens is 401 g/mol. The quantitative estimate of drug-likeness (QED) is 0.675. The van der Waals surface area contributed by atoms with E-state index in [1.165, 1.54) is 12.4 Å².